The van der Waals surface area contributed by atoms with Crippen molar-refractivity contribution in [1.29, 1.82) is 0 Å². The van der Waals surface area contributed by atoms with Crippen LogP contribution in [-0.4, -0.2) is 44.0 Å². The van der Waals surface area contributed by atoms with Gasteiger partial charge in [-0.3, -0.25) is 4.79 Å². The number of anilines is 2. The van der Waals surface area contributed by atoms with E-state index in [1.165, 1.54) is 6.92 Å². The van der Waals surface area contributed by atoms with Crippen molar-refractivity contribution in [1.82, 2.24) is 14.6 Å². The van der Waals surface area contributed by atoms with Gasteiger partial charge in [-0.2, -0.15) is 0 Å². The Morgan fingerprint density at radius 2 is 1.80 bits per heavy atom. The van der Waals surface area contributed by atoms with Gasteiger partial charge in [-0.15, -0.1) is 15.6 Å². The molecule has 1 unspecified atom stereocenters. The van der Waals surface area contributed by atoms with Gasteiger partial charge in [0.05, 0.1) is 21.8 Å². The van der Waals surface area contributed by atoms with Crippen LogP contribution in [0.2, 0.25) is 0 Å². The van der Waals surface area contributed by atoms with Crippen LogP contribution in [-0.2, 0) is 16.2 Å². The molecule has 184 valence electrons. The highest BCUT2D eigenvalue weighted by Crippen LogP contribution is 2.38. The van der Waals surface area contributed by atoms with Gasteiger partial charge in [0, 0.05) is 55.3 Å². The van der Waals surface area contributed by atoms with E-state index < -0.39 is 11.4 Å². The molecule has 2 aromatic carbocycles. The molecular weight excluding hydrogens is 499 g/mol. The third-order valence-corrected chi connectivity index (χ3v) is 8.22. The van der Waals surface area contributed by atoms with Crippen molar-refractivity contribution in [3.05, 3.63) is 48.7 Å². The molecule has 1 amide bonds. The lowest BCUT2D eigenvalue weighted by Crippen LogP contribution is -2.33. The molecule has 0 aliphatic carbocycles. The molecule has 0 bridgehead atoms. The summed E-state index contributed by atoms with van der Waals surface area (Å²) in [6.45, 7) is 7.16. The number of thiocarbonyl (C=S) groups is 1. The molecule has 35 heavy (non-hydrogen) atoms. The van der Waals surface area contributed by atoms with Gasteiger partial charge in [-0.05, 0) is 75.3 Å². The van der Waals surface area contributed by atoms with Gasteiger partial charge in [0.2, 0.25) is 5.91 Å². The van der Waals surface area contributed by atoms with Gasteiger partial charge in [-0.1, -0.05) is 0 Å². The minimum atomic E-state index is -1.31. The van der Waals surface area contributed by atoms with Crippen LogP contribution < -0.4 is 16.0 Å². The van der Waals surface area contributed by atoms with E-state index in [-0.39, 0.29) is 11.9 Å². The Morgan fingerprint density at radius 1 is 1.11 bits per heavy atom. The maximum absolute atomic E-state index is 13.4. The van der Waals surface area contributed by atoms with E-state index in [0.717, 1.165) is 52.6 Å². The van der Waals surface area contributed by atoms with E-state index in [9.17, 15) is 9.35 Å². The molecule has 1 aliphatic heterocycles. The Labute approximate surface area is 218 Å². The highest BCUT2D eigenvalue weighted by atomic mass is 32.2. The normalized spacial score (nSPS) is 14.7. The molecule has 2 heterocycles. The highest BCUT2D eigenvalue weighted by molar-refractivity contribution is 7.89. The van der Waals surface area contributed by atoms with E-state index in [1.54, 1.807) is 11.3 Å². The number of hydrogen-bond acceptors (Lipinski definition) is 6. The van der Waals surface area contributed by atoms with Crippen molar-refractivity contribution in [2.45, 2.75) is 44.6 Å². The summed E-state index contributed by atoms with van der Waals surface area (Å²) in [5.74, 6) is -0.158. The second kappa shape index (κ2) is 11.5. The number of hydrogen-bond donors (Lipinski definition) is 3. The first-order valence-electron chi connectivity index (χ1n) is 11.5. The second-order valence-corrected chi connectivity index (χ2v) is 11.5. The summed E-state index contributed by atoms with van der Waals surface area (Å²) >= 11 is 5.56. The number of aromatic nitrogens is 1. The van der Waals surface area contributed by atoms with Crippen LogP contribution in [0.3, 0.4) is 0 Å². The monoisotopic (exact) mass is 527 g/mol. The summed E-state index contributed by atoms with van der Waals surface area (Å²) in [7, 11) is 0. The fourth-order valence-electron chi connectivity index (χ4n) is 3.80. The van der Waals surface area contributed by atoms with E-state index in [0.29, 0.717) is 15.7 Å². The molecule has 7 nitrogen and oxygen atoms in total. The van der Waals surface area contributed by atoms with Crippen molar-refractivity contribution in [3.63, 3.8) is 0 Å². The van der Waals surface area contributed by atoms with Gasteiger partial charge in [-0.25, -0.2) is 4.98 Å². The third-order valence-electron chi connectivity index (χ3n) is 5.37. The first-order chi connectivity index (χ1) is 16.8. The zero-order valence-electron chi connectivity index (χ0n) is 20.0. The van der Waals surface area contributed by atoms with Crippen molar-refractivity contribution >= 4 is 57.3 Å². The molecule has 1 saturated heterocycles. The Balaban J connectivity index is 1.58. The first-order valence-corrected chi connectivity index (χ1v) is 13.9. The van der Waals surface area contributed by atoms with Gasteiger partial charge in [0.25, 0.3) is 0 Å². The predicted octanol–water partition coefficient (Wildman–Crippen LogP) is 5.25. The minimum absolute atomic E-state index is 0.158. The number of carbonyl (C=O) groups excluding carboxylic acids is 1. The largest absolute Gasteiger partial charge is 0.593 e. The quantitative estimate of drug-likeness (QED) is 0.286. The van der Waals surface area contributed by atoms with Crippen LogP contribution >= 0.6 is 23.6 Å². The van der Waals surface area contributed by atoms with Gasteiger partial charge in [0.1, 0.15) is 5.01 Å². The molecule has 0 radical (unpaired) electrons. The zero-order valence-corrected chi connectivity index (χ0v) is 22.4. The van der Waals surface area contributed by atoms with E-state index in [4.69, 9.17) is 12.2 Å². The molecule has 1 aromatic heterocycles. The van der Waals surface area contributed by atoms with Crippen LogP contribution in [0.1, 0.15) is 33.6 Å². The number of nitrogens with one attached hydrogen (secondary N) is 3. The molecule has 3 N–H and O–H groups in total. The van der Waals surface area contributed by atoms with Crippen LogP contribution in [0.4, 0.5) is 11.4 Å². The first kappa shape index (κ1) is 25.6. The van der Waals surface area contributed by atoms with Crippen LogP contribution in [0.25, 0.3) is 21.0 Å². The van der Waals surface area contributed by atoms with Gasteiger partial charge < -0.3 is 20.5 Å². The lowest BCUT2D eigenvalue weighted by atomic mass is 10.2. The van der Waals surface area contributed by atoms with Crippen LogP contribution in [0, 0.1) is 0 Å². The molecule has 3 aromatic rings. The third kappa shape index (κ3) is 6.59. The molecule has 4 rings (SSSR count). The molecule has 1 fully saturated rings. The average molecular weight is 528 g/mol. The number of benzene rings is 2. The second-order valence-electron chi connectivity index (χ2n) is 8.64. The molecule has 0 spiro atoms. The summed E-state index contributed by atoms with van der Waals surface area (Å²) in [5, 5.41) is 10.6. The van der Waals surface area contributed by atoms with Crippen LogP contribution in [0.15, 0.2) is 53.6 Å². The predicted molar refractivity (Wildman–Crippen MR) is 149 cm³/mol. The number of nitrogens with zero attached hydrogens (tertiary/aromatic N) is 2. The lowest BCUT2D eigenvalue weighted by molar-refractivity contribution is -0.114. The minimum Gasteiger partial charge on any atom is -0.593 e. The van der Waals surface area contributed by atoms with Crippen molar-refractivity contribution in [2.24, 2.45) is 0 Å². The summed E-state index contributed by atoms with van der Waals surface area (Å²) in [6.07, 6.45) is 3.91. The van der Waals surface area contributed by atoms with Crippen molar-refractivity contribution < 1.29 is 9.35 Å². The lowest BCUT2D eigenvalue weighted by Gasteiger charge is -2.21. The Hall–Kier alpha value is -2.50. The maximum Gasteiger partial charge on any atom is 0.221 e. The van der Waals surface area contributed by atoms with E-state index in [2.05, 4.69) is 20.9 Å². The Kier molecular flexibility index (Phi) is 8.40. The molecule has 0 saturated carbocycles. The van der Waals surface area contributed by atoms with Gasteiger partial charge >= 0.3 is 0 Å². The summed E-state index contributed by atoms with van der Waals surface area (Å²) in [6, 6.07) is 13.8. The molecule has 10 heteroatoms. The number of rotatable bonds is 7. The number of thiazole rings is 1. The maximum atomic E-state index is 13.4. The standard InChI is InChI=1S/C25H29N5O2S3/c1-16(2)27-25(33)29-19-8-6-18(7-9-19)24-26-15-22(34-24)21-11-10-20(28-17(3)31)14-23(21)35(32)30-12-4-5-13-30/h6-11,14-16H,4-5,12-13H2,1-3H3,(H,28,31)(H2,27,29,33). The fraction of sp³-hybridized carbons (Fsp3) is 0.320. The molecule has 1 aliphatic rings. The van der Waals surface area contributed by atoms with E-state index >= 15 is 0 Å². The number of carbonyl (C=O) groups is 1. The fourth-order valence-corrected chi connectivity index (χ4v) is 6.64. The Morgan fingerprint density at radius 3 is 2.46 bits per heavy atom. The van der Waals surface area contributed by atoms with Crippen molar-refractivity contribution in [2.75, 3.05) is 23.7 Å². The van der Waals surface area contributed by atoms with Gasteiger partial charge in [0.15, 0.2) is 10.0 Å². The smallest absolute Gasteiger partial charge is 0.221 e. The number of amides is 1. The highest BCUT2D eigenvalue weighted by Gasteiger charge is 2.29. The average Bonchev–Trinajstić information content (AvgIpc) is 3.51. The molecule has 1 atom stereocenters. The molecular formula is C25H29N5O2S3. The SMILES string of the molecule is CC(=O)Nc1ccc(-c2cnc(-c3ccc(NC(=S)NC(C)C)cc3)s2)c([S+]([O-])N2CCCC2)c1. The summed E-state index contributed by atoms with van der Waals surface area (Å²) < 4.78 is 15.4. The summed E-state index contributed by atoms with van der Waals surface area (Å²) in [4.78, 5) is 17.8. The topological polar surface area (TPSA) is 92.3 Å². The van der Waals surface area contributed by atoms with Crippen LogP contribution in [0.5, 0.6) is 0 Å². The summed E-state index contributed by atoms with van der Waals surface area (Å²) in [5.41, 5.74) is 3.41. The van der Waals surface area contributed by atoms with Crippen molar-refractivity contribution in [3.8, 4) is 21.0 Å². The van der Waals surface area contributed by atoms with E-state index in [1.807, 2.05) is 66.8 Å². The zero-order chi connectivity index (χ0) is 24.9. The Bertz CT molecular complexity index is 1190.